The maximum Gasteiger partial charge on any atom is 0.115 e. The zero-order valence-corrected chi connectivity index (χ0v) is 13.0. The third kappa shape index (κ3) is 2.05. The Morgan fingerprint density at radius 1 is 1.25 bits per heavy atom. The van der Waals surface area contributed by atoms with Crippen LogP contribution in [0.3, 0.4) is 0 Å². The van der Waals surface area contributed by atoms with Gasteiger partial charge in [-0.1, -0.05) is 18.9 Å². The quantitative estimate of drug-likeness (QED) is 0.840. The average Bonchev–Trinajstić information content (AvgIpc) is 2.46. The molecule has 0 bridgehead atoms. The minimum absolute atomic E-state index is 0.299. The third-order valence-electron chi connectivity index (χ3n) is 6.04. The van der Waals surface area contributed by atoms with E-state index in [1.54, 1.807) is 0 Å². The largest absolute Gasteiger partial charge is 0.508 e. The first-order valence-corrected chi connectivity index (χ1v) is 8.05. The fraction of sp³-hybridized carbons (Fsp3) is 0.667. The predicted molar refractivity (Wildman–Crippen MR) is 83.2 cm³/mol. The fourth-order valence-corrected chi connectivity index (χ4v) is 4.78. The number of nitrogens with zero attached hydrogens (tertiary/aromatic N) is 1. The van der Waals surface area contributed by atoms with Gasteiger partial charge in [-0.05, 0) is 75.9 Å². The predicted octanol–water partition coefficient (Wildman–Crippen LogP) is 3.85. The molecule has 2 nitrogen and oxygen atoms in total. The van der Waals surface area contributed by atoms with E-state index < -0.39 is 0 Å². The first-order valence-electron chi connectivity index (χ1n) is 8.05. The highest BCUT2D eigenvalue weighted by atomic mass is 16.3. The van der Waals surface area contributed by atoms with E-state index in [1.807, 2.05) is 12.1 Å². The zero-order chi connectivity index (χ0) is 14.3. The van der Waals surface area contributed by atoms with Crippen LogP contribution in [0, 0.1) is 12.8 Å². The standard InChI is InChI=1S/C18H27NO/c1-13-7-8-15(20)12-17(13)18-9-5-4-6-16(18)14(2)19(3)11-10-18/h7-8,12,14,16,20H,4-6,9-11H2,1-3H3/t14-,16+,18-/m1/s1. The molecule has 0 radical (unpaired) electrons. The van der Waals surface area contributed by atoms with Crippen molar-refractivity contribution in [3.63, 3.8) is 0 Å². The minimum atomic E-state index is 0.299. The molecule has 1 saturated carbocycles. The number of benzene rings is 1. The number of rotatable bonds is 1. The van der Waals surface area contributed by atoms with Crippen LogP contribution in [-0.4, -0.2) is 29.6 Å². The van der Waals surface area contributed by atoms with Crippen LogP contribution in [0.2, 0.25) is 0 Å². The van der Waals surface area contributed by atoms with Crippen LogP contribution in [0.5, 0.6) is 5.75 Å². The van der Waals surface area contributed by atoms with Crippen molar-refractivity contribution in [2.75, 3.05) is 13.6 Å². The molecule has 1 aliphatic carbocycles. The monoisotopic (exact) mass is 273 g/mol. The van der Waals surface area contributed by atoms with E-state index >= 15 is 0 Å². The highest BCUT2D eigenvalue weighted by Gasteiger charge is 2.48. The van der Waals surface area contributed by atoms with Crippen molar-refractivity contribution in [1.82, 2.24) is 4.90 Å². The van der Waals surface area contributed by atoms with Gasteiger partial charge in [0.2, 0.25) is 0 Å². The van der Waals surface area contributed by atoms with Gasteiger partial charge in [0, 0.05) is 11.5 Å². The Balaban J connectivity index is 2.08. The first kappa shape index (κ1) is 13.9. The average molecular weight is 273 g/mol. The van der Waals surface area contributed by atoms with E-state index in [-0.39, 0.29) is 0 Å². The minimum Gasteiger partial charge on any atom is -0.508 e. The van der Waals surface area contributed by atoms with Crippen molar-refractivity contribution in [3.8, 4) is 5.75 Å². The van der Waals surface area contributed by atoms with Crippen molar-refractivity contribution in [1.29, 1.82) is 0 Å². The summed E-state index contributed by atoms with van der Waals surface area (Å²) in [5.74, 6) is 1.16. The lowest BCUT2D eigenvalue weighted by Crippen LogP contribution is -2.55. The Kier molecular flexibility index (Phi) is 3.53. The molecule has 0 unspecified atom stereocenters. The Morgan fingerprint density at radius 3 is 2.85 bits per heavy atom. The number of aromatic hydroxyl groups is 1. The summed E-state index contributed by atoms with van der Waals surface area (Å²) in [6.45, 7) is 5.77. The van der Waals surface area contributed by atoms with Gasteiger partial charge in [-0.3, -0.25) is 0 Å². The summed E-state index contributed by atoms with van der Waals surface area (Å²) in [6, 6.07) is 6.61. The lowest BCUT2D eigenvalue weighted by atomic mass is 9.56. The van der Waals surface area contributed by atoms with Crippen molar-refractivity contribution < 1.29 is 5.11 Å². The van der Waals surface area contributed by atoms with Gasteiger partial charge in [0.15, 0.2) is 0 Å². The van der Waals surface area contributed by atoms with E-state index in [2.05, 4.69) is 31.9 Å². The number of fused-ring (bicyclic) bond motifs is 1. The number of hydrogen-bond acceptors (Lipinski definition) is 2. The van der Waals surface area contributed by atoms with E-state index in [0.29, 0.717) is 17.2 Å². The molecule has 0 amide bonds. The Hall–Kier alpha value is -1.02. The topological polar surface area (TPSA) is 23.5 Å². The highest BCUT2D eigenvalue weighted by molar-refractivity contribution is 5.41. The Bertz CT molecular complexity index is 498. The Labute approximate surface area is 122 Å². The van der Waals surface area contributed by atoms with Gasteiger partial charge in [-0.15, -0.1) is 0 Å². The van der Waals surface area contributed by atoms with Crippen molar-refractivity contribution >= 4 is 0 Å². The Morgan fingerprint density at radius 2 is 2.05 bits per heavy atom. The van der Waals surface area contributed by atoms with Gasteiger partial charge in [0.25, 0.3) is 0 Å². The summed E-state index contributed by atoms with van der Waals surface area (Å²) in [5.41, 5.74) is 3.07. The van der Waals surface area contributed by atoms with Gasteiger partial charge >= 0.3 is 0 Å². The zero-order valence-electron chi connectivity index (χ0n) is 13.0. The highest BCUT2D eigenvalue weighted by Crippen LogP contribution is 2.52. The number of hydrogen-bond donors (Lipinski definition) is 1. The van der Waals surface area contributed by atoms with Crippen molar-refractivity contribution in [2.24, 2.45) is 5.92 Å². The molecule has 2 fully saturated rings. The van der Waals surface area contributed by atoms with E-state index in [9.17, 15) is 5.11 Å². The summed E-state index contributed by atoms with van der Waals surface area (Å²) in [4.78, 5) is 2.52. The molecule has 2 aliphatic rings. The summed E-state index contributed by atoms with van der Waals surface area (Å²) in [6.07, 6.45) is 6.56. The molecule has 2 heteroatoms. The second-order valence-electron chi connectivity index (χ2n) is 6.98. The van der Waals surface area contributed by atoms with Crippen LogP contribution in [0.1, 0.15) is 50.2 Å². The maximum absolute atomic E-state index is 9.96. The lowest BCUT2D eigenvalue weighted by molar-refractivity contribution is 0.0225. The molecule has 3 atom stereocenters. The first-order chi connectivity index (χ1) is 9.54. The van der Waals surface area contributed by atoms with Crippen LogP contribution in [-0.2, 0) is 5.41 Å². The smallest absolute Gasteiger partial charge is 0.115 e. The second-order valence-corrected chi connectivity index (χ2v) is 6.98. The second kappa shape index (κ2) is 5.07. The van der Waals surface area contributed by atoms with Gasteiger partial charge in [0.1, 0.15) is 5.75 Å². The molecular formula is C18H27NO. The summed E-state index contributed by atoms with van der Waals surface area (Å²) >= 11 is 0. The number of phenolic OH excluding ortho intramolecular Hbond substituents is 1. The van der Waals surface area contributed by atoms with E-state index in [0.717, 1.165) is 5.92 Å². The number of aryl methyl sites for hydroxylation is 1. The van der Waals surface area contributed by atoms with E-state index in [4.69, 9.17) is 0 Å². The van der Waals surface area contributed by atoms with E-state index in [1.165, 1.54) is 49.8 Å². The third-order valence-corrected chi connectivity index (χ3v) is 6.04. The molecule has 1 aromatic rings. The molecule has 1 aliphatic heterocycles. The molecule has 0 aromatic heterocycles. The van der Waals surface area contributed by atoms with Crippen LogP contribution < -0.4 is 0 Å². The van der Waals surface area contributed by atoms with Crippen molar-refractivity contribution in [3.05, 3.63) is 29.3 Å². The van der Waals surface area contributed by atoms with Crippen molar-refractivity contribution in [2.45, 2.75) is 57.4 Å². The molecule has 1 heterocycles. The van der Waals surface area contributed by atoms with Crippen LogP contribution in [0.25, 0.3) is 0 Å². The van der Waals surface area contributed by atoms with Gasteiger partial charge < -0.3 is 10.0 Å². The van der Waals surface area contributed by atoms with Gasteiger partial charge in [-0.2, -0.15) is 0 Å². The molecule has 20 heavy (non-hydrogen) atoms. The van der Waals surface area contributed by atoms with Crippen LogP contribution in [0.4, 0.5) is 0 Å². The number of piperidine rings is 1. The molecule has 1 saturated heterocycles. The van der Waals surface area contributed by atoms with Crippen LogP contribution in [0.15, 0.2) is 18.2 Å². The molecule has 3 rings (SSSR count). The fourth-order valence-electron chi connectivity index (χ4n) is 4.78. The SMILES string of the molecule is Cc1ccc(O)cc1[C@@]12CCCC[C@H]1[C@@H](C)N(C)CC2. The number of phenols is 1. The summed E-state index contributed by atoms with van der Waals surface area (Å²) < 4.78 is 0. The molecular weight excluding hydrogens is 246 g/mol. The summed E-state index contributed by atoms with van der Waals surface area (Å²) in [7, 11) is 2.26. The molecule has 1 N–H and O–H groups in total. The maximum atomic E-state index is 9.96. The summed E-state index contributed by atoms with van der Waals surface area (Å²) in [5, 5.41) is 9.96. The molecule has 110 valence electrons. The van der Waals surface area contributed by atoms with Crippen LogP contribution >= 0.6 is 0 Å². The molecule has 1 aromatic carbocycles. The molecule has 0 spiro atoms. The van der Waals surface area contributed by atoms with Gasteiger partial charge in [-0.25, -0.2) is 0 Å². The number of likely N-dealkylation sites (tertiary alicyclic amines) is 1. The lowest BCUT2D eigenvalue weighted by Gasteiger charge is -2.54. The normalized spacial score (nSPS) is 34.8. The van der Waals surface area contributed by atoms with Gasteiger partial charge in [0.05, 0.1) is 0 Å².